The fraction of sp³-hybridized carbons (Fsp3) is 0.250. The van der Waals surface area contributed by atoms with Crippen molar-refractivity contribution in [3.8, 4) is 5.95 Å². The van der Waals surface area contributed by atoms with Gasteiger partial charge in [0.05, 0.1) is 0 Å². The molecule has 7 heteroatoms. The monoisotopic (exact) mass is 224 g/mol. The number of halogens is 1. The molecule has 0 aromatic carbocycles. The summed E-state index contributed by atoms with van der Waals surface area (Å²) in [4.78, 5) is 13.9. The molecule has 0 aliphatic heterocycles. The van der Waals surface area contributed by atoms with Crippen LogP contribution in [0.1, 0.15) is 0 Å². The zero-order chi connectivity index (χ0) is 10.8. The van der Waals surface area contributed by atoms with E-state index in [2.05, 4.69) is 20.1 Å². The molecule has 0 spiro atoms. The predicted octanol–water partition coefficient (Wildman–Crippen LogP) is 0.777. The van der Waals surface area contributed by atoms with E-state index in [1.54, 1.807) is 23.4 Å². The number of hydrogen-bond donors (Lipinski definition) is 0. The fourth-order valence-corrected chi connectivity index (χ4v) is 1.17. The van der Waals surface area contributed by atoms with E-state index in [9.17, 15) is 0 Å². The van der Waals surface area contributed by atoms with Gasteiger partial charge in [-0.15, -0.1) is 0 Å². The van der Waals surface area contributed by atoms with Crippen LogP contribution in [0, 0.1) is 0 Å². The second kappa shape index (κ2) is 3.82. The molecule has 2 rings (SSSR count). The van der Waals surface area contributed by atoms with Crippen molar-refractivity contribution in [3.05, 3.63) is 23.7 Å². The molecule has 0 amide bonds. The van der Waals surface area contributed by atoms with Crippen molar-refractivity contribution in [1.82, 2.24) is 24.7 Å². The van der Waals surface area contributed by atoms with Gasteiger partial charge < -0.3 is 4.90 Å². The van der Waals surface area contributed by atoms with E-state index >= 15 is 0 Å². The molecule has 0 aliphatic carbocycles. The van der Waals surface area contributed by atoms with E-state index < -0.39 is 0 Å². The molecule has 2 aromatic rings. The zero-order valence-electron chi connectivity index (χ0n) is 8.29. The average molecular weight is 225 g/mol. The molecule has 0 unspecified atom stereocenters. The van der Waals surface area contributed by atoms with Crippen molar-refractivity contribution >= 4 is 17.5 Å². The SMILES string of the molecule is CN(C)c1nc(Cl)nc(-n2cccn2)n1. The highest BCUT2D eigenvalue weighted by Gasteiger charge is 2.07. The topological polar surface area (TPSA) is 59.7 Å². The molecular weight excluding hydrogens is 216 g/mol. The molecule has 0 aliphatic rings. The van der Waals surface area contributed by atoms with Crippen molar-refractivity contribution in [2.24, 2.45) is 0 Å². The van der Waals surface area contributed by atoms with Crippen molar-refractivity contribution < 1.29 is 0 Å². The quantitative estimate of drug-likeness (QED) is 0.755. The lowest BCUT2D eigenvalue weighted by molar-refractivity contribution is 0.788. The summed E-state index contributed by atoms with van der Waals surface area (Å²) >= 11 is 5.78. The summed E-state index contributed by atoms with van der Waals surface area (Å²) in [5.74, 6) is 0.907. The van der Waals surface area contributed by atoms with Crippen LogP contribution in [-0.2, 0) is 0 Å². The second-order valence-electron chi connectivity index (χ2n) is 3.05. The number of rotatable bonds is 2. The molecule has 0 fully saturated rings. The zero-order valence-corrected chi connectivity index (χ0v) is 9.05. The van der Waals surface area contributed by atoms with Gasteiger partial charge in [0.1, 0.15) is 0 Å². The van der Waals surface area contributed by atoms with Crippen LogP contribution in [-0.4, -0.2) is 38.8 Å². The van der Waals surface area contributed by atoms with Crippen LogP contribution < -0.4 is 4.90 Å². The van der Waals surface area contributed by atoms with Crippen LogP contribution in [0.3, 0.4) is 0 Å². The molecule has 78 valence electrons. The molecule has 0 bridgehead atoms. The molecule has 6 nitrogen and oxygen atoms in total. The van der Waals surface area contributed by atoms with Crippen molar-refractivity contribution in [1.29, 1.82) is 0 Å². The smallest absolute Gasteiger partial charge is 0.256 e. The average Bonchev–Trinajstić information content (AvgIpc) is 2.69. The van der Waals surface area contributed by atoms with Gasteiger partial charge in [-0.25, -0.2) is 4.68 Å². The van der Waals surface area contributed by atoms with E-state index in [1.807, 2.05) is 14.1 Å². The Morgan fingerprint density at radius 1 is 1.27 bits per heavy atom. The Morgan fingerprint density at radius 2 is 2.07 bits per heavy atom. The second-order valence-corrected chi connectivity index (χ2v) is 3.39. The van der Waals surface area contributed by atoms with Crippen LogP contribution >= 0.6 is 11.6 Å². The summed E-state index contributed by atoms with van der Waals surface area (Å²) in [6.45, 7) is 0. The minimum absolute atomic E-state index is 0.152. The van der Waals surface area contributed by atoms with E-state index in [0.29, 0.717) is 11.9 Å². The van der Waals surface area contributed by atoms with Gasteiger partial charge in [0.2, 0.25) is 11.2 Å². The van der Waals surface area contributed by atoms with Crippen LogP contribution in [0.5, 0.6) is 0 Å². The molecular formula is C8H9ClN6. The molecule has 0 atom stereocenters. The van der Waals surface area contributed by atoms with Gasteiger partial charge in [0.15, 0.2) is 0 Å². The Hall–Kier alpha value is -1.69. The number of anilines is 1. The largest absolute Gasteiger partial charge is 0.347 e. The summed E-state index contributed by atoms with van der Waals surface area (Å²) in [6, 6.07) is 1.78. The maximum absolute atomic E-state index is 5.78. The van der Waals surface area contributed by atoms with Crippen LogP contribution in [0.15, 0.2) is 18.5 Å². The van der Waals surface area contributed by atoms with Gasteiger partial charge in [-0.2, -0.15) is 20.1 Å². The van der Waals surface area contributed by atoms with Gasteiger partial charge in [0, 0.05) is 26.5 Å². The first kappa shape index (κ1) is 9.85. The Kier molecular flexibility index (Phi) is 2.51. The predicted molar refractivity (Wildman–Crippen MR) is 56.3 cm³/mol. The Bertz CT molecular complexity index is 452. The third kappa shape index (κ3) is 2.04. The highest BCUT2D eigenvalue weighted by atomic mass is 35.5. The molecule has 15 heavy (non-hydrogen) atoms. The molecule has 0 radical (unpaired) electrons. The van der Waals surface area contributed by atoms with Gasteiger partial charge in [-0.05, 0) is 17.7 Å². The van der Waals surface area contributed by atoms with E-state index in [1.165, 1.54) is 4.68 Å². The molecule has 0 saturated heterocycles. The van der Waals surface area contributed by atoms with Gasteiger partial charge in [0.25, 0.3) is 5.95 Å². The minimum atomic E-state index is 0.152. The Labute approximate surface area is 91.5 Å². The third-order valence-corrected chi connectivity index (χ3v) is 1.86. The number of nitrogens with zero attached hydrogens (tertiary/aromatic N) is 6. The first-order valence-electron chi connectivity index (χ1n) is 4.26. The number of hydrogen-bond acceptors (Lipinski definition) is 5. The highest BCUT2D eigenvalue weighted by Crippen LogP contribution is 2.10. The highest BCUT2D eigenvalue weighted by molar-refractivity contribution is 6.28. The molecule has 0 N–H and O–H groups in total. The summed E-state index contributed by atoms with van der Waals surface area (Å²) < 4.78 is 1.53. The summed E-state index contributed by atoms with van der Waals surface area (Å²) in [5, 5.41) is 4.17. The standard InChI is InChI=1S/C8H9ClN6/c1-14(2)7-11-6(9)12-8(13-7)15-5-3-4-10-15/h3-5H,1-2H3. The summed E-state index contributed by atoms with van der Waals surface area (Å²) in [6.07, 6.45) is 3.39. The maximum Gasteiger partial charge on any atom is 0.256 e. The van der Waals surface area contributed by atoms with E-state index in [-0.39, 0.29) is 5.28 Å². The van der Waals surface area contributed by atoms with Gasteiger partial charge >= 0.3 is 0 Å². The van der Waals surface area contributed by atoms with E-state index in [4.69, 9.17) is 11.6 Å². The molecule has 0 saturated carbocycles. The van der Waals surface area contributed by atoms with Crippen LogP contribution in [0.2, 0.25) is 5.28 Å². The lowest BCUT2D eigenvalue weighted by Crippen LogP contribution is -2.15. The normalized spacial score (nSPS) is 10.3. The van der Waals surface area contributed by atoms with Crippen molar-refractivity contribution in [3.63, 3.8) is 0 Å². The summed E-state index contributed by atoms with van der Waals surface area (Å²) in [5.41, 5.74) is 0. The number of aromatic nitrogens is 5. The molecule has 2 aromatic heterocycles. The Balaban J connectivity index is 2.49. The first-order chi connectivity index (χ1) is 7.16. The minimum Gasteiger partial charge on any atom is -0.347 e. The lowest BCUT2D eigenvalue weighted by atomic mass is 10.7. The van der Waals surface area contributed by atoms with Crippen LogP contribution in [0.25, 0.3) is 5.95 Å². The van der Waals surface area contributed by atoms with E-state index in [0.717, 1.165) is 0 Å². The lowest BCUT2D eigenvalue weighted by Gasteiger charge is -2.10. The first-order valence-corrected chi connectivity index (χ1v) is 4.63. The van der Waals surface area contributed by atoms with Gasteiger partial charge in [-0.3, -0.25) is 0 Å². The Morgan fingerprint density at radius 3 is 2.67 bits per heavy atom. The van der Waals surface area contributed by atoms with Crippen LogP contribution in [0.4, 0.5) is 5.95 Å². The van der Waals surface area contributed by atoms with Crippen molar-refractivity contribution in [2.75, 3.05) is 19.0 Å². The third-order valence-electron chi connectivity index (χ3n) is 1.69. The van der Waals surface area contributed by atoms with Crippen molar-refractivity contribution in [2.45, 2.75) is 0 Å². The maximum atomic E-state index is 5.78. The fourth-order valence-electron chi connectivity index (χ4n) is 1.02. The van der Waals surface area contributed by atoms with Gasteiger partial charge in [-0.1, -0.05) is 0 Å². The summed E-state index contributed by atoms with van der Waals surface area (Å²) in [7, 11) is 3.66. The molecule has 2 heterocycles.